The highest BCUT2D eigenvalue weighted by Gasteiger charge is 2.45. The molecule has 1 saturated carbocycles. The molecule has 3 rings (SSSR count). The van der Waals surface area contributed by atoms with E-state index in [0.29, 0.717) is 13.2 Å². The number of halogens is 1. The van der Waals surface area contributed by atoms with E-state index in [1.165, 1.54) is 0 Å². The molecular formula is C18H21ClN2O2. The zero-order chi connectivity index (χ0) is 15.4. The Balaban J connectivity index is 0.00000192. The maximum absolute atomic E-state index is 11.8. The SMILES string of the molecule is Cl.NC1(C(=O)Nc2ccc(COCc3ccccc3)cc2)CC1. The van der Waals surface area contributed by atoms with Gasteiger partial charge in [0.25, 0.3) is 0 Å². The van der Waals surface area contributed by atoms with Gasteiger partial charge in [-0.2, -0.15) is 0 Å². The molecular weight excluding hydrogens is 312 g/mol. The van der Waals surface area contributed by atoms with Crippen molar-refractivity contribution < 1.29 is 9.53 Å². The molecule has 0 saturated heterocycles. The molecule has 2 aromatic carbocycles. The van der Waals surface area contributed by atoms with Crippen molar-refractivity contribution in [1.29, 1.82) is 0 Å². The molecule has 122 valence electrons. The summed E-state index contributed by atoms with van der Waals surface area (Å²) >= 11 is 0. The van der Waals surface area contributed by atoms with Gasteiger partial charge in [-0.3, -0.25) is 4.79 Å². The zero-order valence-electron chi connectivity index (χ0n) is 12.8. The number of hydrogen-bond acceptors (Lipinski definition) is 3. The quantitative estimate of drug-likeness (QED) is 0.853. The van der Waals surface area contributed by atoms with Crippen LogP contribution in [0.3, 0.4) is 0 Å². The normalized spacial score (nSPS) is 14.7. The second kappa shape index (κ2) is 7.59. The van der Waals surface area contributed by atoms with Crippen LogP contribution in [0.5, 0.6) is 0 Å². The van der Waals surface area contributed by atoms with Crippen molar-refractivity contribution in [2.24, 2.45) is 5.73 Å². The predicted molar refractivity (Wildman–Crippen MR) is 93.4 cm³/mol. The predicted octanol–water partition coefficient (Wildman–Crippen LogP) is 3.26. The second-order valence-electron chi connectivity index (χ2n) is 5.79. The van der Waals surface area contributed by atoms with E-state index in [4.69, 9.17) is 10.5 Å². The van der Waals surface area contributed by atoms with Gasteiger partial charge in [0.1, 0.15) is 0 Å². The van der Waals surface area contributed by atoms with Crippen molar-refractivity contribution in [2.75, 3.05) is 5.32 Å². The van der Waals surface area contributed by atoms with E-state index in [9.17, 15) is 4.79 Å². The number of nitrogens with two attached hydrogens (primary N) is 1. The van der Waals surface area contributed by atoms with Gasteiger partial charge in [0.2, 0.25) is 5.91 Å². The van der Waals surface area contributed by atoms with Crippen LogP contribution in [0.2, 0.25) is 0 Å². The first kappa shape index (κ1) is 17.5. The Labute approximate surface area is 142 Å². The summed E-state index contributed by atoms with van der Waals surface area (Å²) in [5.41, 5.74) is 8.22. The van der Waals surface area contributed by atoms with Crippen LogP contribution in [-0.4, -0.2) is 11.4 Å². The summed E-state index contributed by atoms with van der Waals surface area (Å²) in [6, 6.07) is 17.7. The van der Waals surface area contributed by atoms with Crippen LogP contribution in [0.25, 0.3) is 0 Å². The summed E-state index contributed by atoms with van der Waals surface area (Å²) in [5.74, 6) is -0.0967. The minimum absolute atomic E-state index is 0. The summed E-state index contributed by atoms with van der Waals surface area (Å²) in [6.07, 6.45) is 1.54. The van der Waals surface area contributed by atoms with Crippen molar-refractivity contribution in [3.8, 4) is 0 Å². The van der Waals surface area contributed by atoms with E-state index in [1.54, 1.807) is 0 Å². The number of hydrogen-bond donors (Lipinski definition) is 2. The maximum Gasteiger partial charge on any atom is 0.244 e. The molecule has 1 amide bonds. The molecule has 1 aliphatic rings. The molecule has 0 bridgehead atoms. The highest BCUT2D eigenvalue weighted by molar-refractivity contribution is 6.00. The van der Waals surface area contributed by atoms with Crippen LogP contribution in [0.1, 0.15) is 24.0 Å². The van der Waals surface area contributed by atoms with Crippen molar-refractivity contribution in [1.82, 2.24) is 0 Å². The number of benzene rings is 2. The molecule has 1 fully saturated rings. The lowest BCUT2D eigenvalue weighted by molar-refractivity contribution is -0.118. The van der Waals surface area contributed by atoms with Gasteiger partial charge in [-0.1, -0.05) is 42.5 Å². The van der Waals surface area contributed by atoms with Crippen molar-refractivity contribution >= 4 is 24.0 Å². The van der Waals surface area contributed by atoms with Crippen molar-refractivity contribution in [3.05, 3.63) is 65.7 Å². The van der Waals surface area contributed by atoms with E-state index >= 15 is 0 Å². The lowest BCUT2D eigenvalue weighted by Crippen LogP contribution is -2.37. The minimum atomic E-state index is -0.641. The first-order chi connectivity index (χ1) is 10.7. The Bertz CT molecular complexity index is 640. The van der Waals surface area contributed by atoms with E-state index in [0.717, 1.165) is 29.7 Å². The highest BCUT2D eigenvalue weighted by Crippen LogP contribution is 2.33. The summed E-state index contributed by atoms with van der Waals surface area (Å²) in [7, 11) is 0. The molecule has 3 N–H and O–H groups in total. The van der Waals surface area contributed by atoms with Crippen LogP contribution in [0.4, 0.5) is 5.69 Å². The number of carbonyl (C=O) groups excluding carboxylic acids is 1. The topological polar surface area (TPSA) is 64.4 Å². The highest BCUT2D eigenvalue weighted by atomic mass is 35.5. The van der Waals surface area contributed by atoms with Gasteiger partial charge < -0.3 is 15.8 Å². The molecule has 0 atom stereocenters. The first-order valence-electron chi connectivity index (χ1n) is 7.47. The van der Waals surface area contributed by atoms with Gasteiger partial charge in [-0.25, -0.2) is 0 Å². The largest absolute Gasteiger partial charge is 0.372 e. The molecule has 5 heteroatoms. The molecule has 0 heterocycles. The monoisotopic (exact) mass is 332 g/mol. The lowest BCUT2D eigenvalue weighted by atomic mass is 10.2. The number of ether oxygens (including phenoxy) is 1. The third kappa shape index (κ3) is 4.79. The molecule has 4 nitrogen and oxygen atoms in total. The van der Waals surface area contributed by atoms with E-state index < -0.39 is 5.54 Å². The van der Waals surface area contributed by atoms with E-state index in [1.807, 2.05) is 54.6 Å². The number of carbonyl (C=O) groups is 1. The van der Waals surface area contributed by atoms with Crippen LogP contribution in [0.15, 0.2) is 54.6 Å². The molecule has 0 radical (unpaired) electrons. The average molecular weight is 333 g/mol. The number of anilines is 1. The Morgan fingerprint density at radius 2 is 1.57 bits per heavy atom. The van der Waals surface area contributed by atoms with E-state index in [-0.39, 0.29) is 18.3 Å². The lowest BCUT2D eigenvalue weighted by Gasteiger charge is -2.10. The zero-order valence-corrected chi connectivity index (χ0v) is 13.6. The van der Waals surface area contributed by atoms with Gasteiger partial charge in [0.05, 0.1) is 18.8 Å². The van der Waals surface area contributed by atoms with Crippen LogP contribution in [-0.2, 0) is 22.7 Å². The standard InChI is InChI=1S/C18H20N2O2.ClH/c19-18(10-11-18)17(21)20-16-8-6-15(7-9-16)13-22-12-14-4-2-1-3-5-14;/h1-9H,10-13,19H2,(H,20,21);1H. The molecule has 0 unspecified atom stereocenters. The van der Waals surface area contributed by atoms with Gasteiger partial charge in [0, 0.05) is 5.69 Å². The molecule has 2 aromatic rings. The molecule has 0 aliphatic heterocycles. The fourth-order valence-corrected chi connectivity index (χ4v) is 2.16. The molecule has 0 spiro atoms. The van der Waals surface area contributed by atoms with Crippen LogP contribution in [0, 0.1) is 0 Å². The Morgan fingerprint density at radius 3 is 2.13 bits per heavy atom. The smallest absolute Gasteiger partial charge is 0.244 e. The summed E-state index contributed by atoms with van der Waals surface area (Å²) < 4.78 is 5.68. The maximum atomic E-state index is 11.8. The van der Waals surface area contributed by atoms with Crippen molar-refractivity contribution in [2.45, 2.75) is 31.6 Å². The fraction of sp³-hybridized carbons (Fsp3) is 0.278. The van der Waals surface area contributed by atoms with E-state index in [2.05, 4.69) is 5.32 Å². The van der Waals surface area contributed by atoms with Crippen LogP contribution < -0.4 is 11.1 Å². The van der Waals surface area contributed by atoms with Gasteiger partial charge in [0.15, 0.2) is 0 Å². The van der Waals surface area contributed by atoms with Gasteiger partial charge >= 0.3 is 0 Å². The first-order valence-corrected chi connectivity index (χ1v) is 7.47. The molecule has 1 aliphatic carbocycles. The Kier molecular flexibility index (Phi) is 5.77. The number of nitrogens with one attached hydrogen (secondary N) is 1. The van der Waals surface area contributed by atoms with Crippen LogP contribution >= 0.6 is 12.4 Å². The molecule has 23 heavy (non-hydrogen) atoms. The Hall–Kier alpha value is -1.88. The fourth-order valence-electron chi connectivity index (χ4n) is 2.16. The van der Waals surface area contributed by atoms with Crippen molar-refractivity contribution in [3.63, 3.8) is 0 Å². The number of rotatable bonds is 6. The summed E-state index contributed by atoms with van der Waals surface area (Å²) in [5, 5.41) is 2.85. The second-order valence-corrected chi connectivity index (χ2v) is 5.79. The third-order valence-corrected chi connectivity index (χ3v) is 3.83. The third-order valence-electron chi connectivity index (χ3n) is 3.83. The summed E-state index contributed by atoms with van der Waals surface area (Å²) in [4.78, 5) is 11.8. The van der Waals surface area contributed by atoms with Gasteiger partial charge in [-0.15, -0.1) is 12.4 Å². The Morgan fingerprint density at radius 1 is 1.00 bits per heavy atom. The minimum Gasteiger partial charge on any atom is -0.372 e. The van der Waals surface area contributed by atoms with Gasteiger partial charge in [-0.05, 0) is 36.1 Å². The average Bonchev–Trinajstić information content (AvgIpc) is 3.29. The molecule has 0 aromatic heterocycles. The summed E-state index contributed by atoms with van der Waals surface area (Å²) in [6.45, 7) is 1.14. The number of amides is 1.